The average molecular weight is 372 g/mol. The normalized spacial score (nSPS) is 16.5. The van der Waals surface area contributed by atoms with E-state index in [0.717, 1.165) is 0 Å². The number of nitrogens with zero attached hydrogens (tertiary/aromatic N) is 1. The Morgan fingerprint density at radius 1 is 1.15 bits per heavy atom. The van der Waals surface area contributed by atoms with E-state index in [0.29, 0.717) is 22.0 Å². The second-order valence-electron chi connectivity index (χ2n) is 6.00. The fraction of sp³-hybridized carbons (Fsp3) is 0.211. The van der Waals surface area contributed by atoms with Gasteiger partial charge >= 0.3 is 0 Å². The highest BCUT2D eigenvalue weighted by Crippen LogP contribution is 2.28. The monoisotopic (exact) mass is 371 g/mol. The van der Waals surface area contributed by atoms with Crippen molar-refractivity contribution in [1.29, 1.82) is 0 Å². The summed E-state index contributed by atoms with van der Waals surface area (Å²) in [4.78, 5) is 38.4. The summed E-state index contributed by atoms with van der Waals surface area (Å²) in [5, 5.41) is 5.84. The summed E-state index contributed by atoms with van der Waals surface area (Å²) in [5.41, 5.74) is 1.47. The van der Waals surface area contributed by atoms with E-state index in [2.05, 4.69) is 10.6 Å². The van der Waals surface area contributed by atoms with E-state index < -0.39 is 5.92 Å². The molecule has 26 heavy (non-hydrogen) atoms. The van der Waals surface area contributed by atoms with E-state index in [1.807, 2.05) is 0 Å². The van der Waals surface area contributed by atoms with Crippen LogP contribution in [-0.4, -0.2) is 31.3 Å². The molecule has 134 valence electrons. The molecule has 2 aromatic carbocycles. The van der Waals surface area contributed by atoms with Gasteiger partial charge in [0, 0.05) is 30.7 Å². The molecule has 6 nitrogen and oxygen atoms in total. The third-order valence-corrected chi connectivity index (χ3v) is 4.51. The lowest BCUT2D eigenvalue weighted by atomic mass is 10.1. The molecule has 1 saturated heterocycles. The number of amides is 3. The molecule has 7 heteroatoms. The van der Waals surface area contributed by atoms with Crippen LogP contribution < -0.4 is 15.5 Å². The summed E-state index contributed by atoms with van der Waals surface area (Å²) in [5.74, 6) is -1.21. The van der Waals surface area contributed by atoms with E-state index in [9.17, 15) is 14.4 Å². The molecule has 0 bridgehead atoms. The fourth-order valence-electron chi connectivity index (χ4n) is 2.94. The van der Waals surface area contributed by atoms with Crippen molar-refractivity contribution in [2.75, 3.05) is 23.8 Å². The molecule has 1 atom stereocenters. The van der Waals surface area contributed by atoms with Crippen LogP contribution in [-0.2, 0) is 9.59 Å². The zero-order valence-electron chi connectivity index (χ0n) is 14.2. The third kappa shape index (κ3) is 3.70. The van der Waals surface area contributed by atoms with Crippen molar-refractivity contribution in [1.82, 2.24) is 5.32 Å². The average Bonchev–Trinajstić information content (AvgIpc) is 3.03. The number of rotatable bonds is 4. The minimum Gasteiger partial charge on any atom is -0.355 e. The van der Waals surface area contributed by atoms with Crippen molar-refractivity contribution in [2.24, 2.45) is 5.92 Å². The Hall–Kier alpha value is -2.86. The molecule has 0 aromatic heterocycles. The van der Waals surface area contributed by atoms with Crippen LogP contribution in [0.3, 0.4) is 0 Å². The molecular formula is C19H18ClN3O3. The molecule has 1 fully saturated rings. The Kier molecular flexibility index (Phi) is 5.23. The van der Waals surface area contributed by atoms with Crippen LogP contribution in [0.4, 0.5) is 11.4 Å². The highest BCUT2D eigenvalue weighted by atomic mass is 35.5. The van der Waals surface area contributed by atoms with Crippen LogP contribution >= 0.6 is 11.6 Å². The standard InChI is InChI=1S/C19H18ClN3O3/c1-21-19(26)15-7-2-3-8-16(15)22-18(25)12-9-17(24)23(11-12)14-6-4-5-13(20)10-14/h2-8,10,12H,9,11H2,1H3,(H,21,26)(H,22,25)/t12-/m0/s1. The summed E-state index contributed by atoms with van der Waals surface area (Å²) >= 11 is 5.98. The van der Waals surface area contributed by atoms with Crippen LogP contribution in [0.15, 0.2) is 48.5 Å². The maximum absolute atomic E-state index is 12.6. The van der Waals surface area contributed by atoms with Gasteiger partial charge in [-0.15, -0.1) is 0 Å². The Bertz CT molecular complexity index is 869. The van der Waals surface area contributed by atoms with E-state index in [1.54, 1.807) is 53.4 Å². The van der Waals surface area contributed by atoms with Gasteiger partial charge in [0.05, 0.1) is 17.2 Å². The molecule has 0 radical (unpaired) electrons. The van der Waals surface area contributed by atoms with Gasteiger partial charge in [-0.25, -0.2) is 0 Å². The number of para-hydroxylation sites is 1. The molecule has 2 aromatic rings. The molecule has 1 aliphatic heterocycles. The predicted octanol–water partition coefficient (Wildman–Crippen LogP) is 2.69. The van der Waals surface area contributed by atoms with Crippen LogP contribution in [0, 0.1) is 5.92 Å². The molecule has 2 N–H and O–H groups in total. The van der Waals surface area contributed by atoms with Gasteiger partial charge < -0.3 is 15.5 Å². The Balaban J connectivity index is 1.74. The Labute approximate surface area is 156 Å². The van der Waals surface area contributed by atoms with Crippen LogP contribution in [0.25, 0.3) is 0 Å². The topological polar surface area (TPSA) is 78.5 Å². The van der Waals surface area contributed by atoms with Crippen molar-refractivity contribution >= 4 is 40.7 Å². The number of carbonyl (C=O) groups excluding carboxylic acids is 3. The van der Waals surface area contributed by atoms with E-state index in [-0.39, 0.29) is 30.7 Å². The fourth-order valence-corrected chi connectivity index (χ4v) is 3.12. The minimum absolute atomic E-state index is 0.112. The lowest BCUT2D eigenvalue weighted by molar-refractivity contribution is -0.122. The quantitative estimate of drug-likeness (QED) is 0.867. The molecule has 0 spiro atoms. The SMILES string of the molecule is CNC(=O)c1ccccc1NC(=O)[C@H]1CC(=O)N(c2cccc(Cl)c2)C1. The number of anilines is 2. The maximum Gasteiger partial charge on any atom is 0.253 e. The summed E-state index contributed by atoms with van der Waals surface area (Å²) in [6, 6.07) is 13.7. The summed E-state index contributed by atoms with van der Waals surface area (Å²) < 4.78 is 0. The van der Waals surface area contributed by atoms with Crippen molar-refractivity contribution in [3.05, 3.63) is 59.1 Å². The number of halogens is 1. The van der Waals surface area contributed by atoms with Crippen LogP contribution in [0.1, 0.15) is 16.8 Å². The van der Waals surface area contributed by atoms with Gasteiger partial charge in [-0.2, -0.15) is 0 Å². The number of hydrogen-bond acceptors (Lipinski definition) is 3. The van der Waals surface area contributed by atoms with Crippen molar-refractivity contribution < 1.29 is 14.4 Å². The second-order valence-corrected chi connectivity index (χ2v) is 6.44. The first-order valence-electron chi connectivity index (χ1n) is 8.17. The molecule has 1 aliphatic rings. The predicted molar refractivity (Wildman–Crippen MR) is 100 cm³/mol. The van der Waals surface area contributed by atoms with E-state index in [4.69, 9.17) is 11.6 Å². The largest absolute Gasteiger partial charge is 0.355 e. The molecule has 3 rings (SSSR count). The molecule has 1 heterocycles. The molecule has 0 saturated carbocycles. The van der Waals surface area contributed by atoms with Gasteiger partial charge in [-0.1, -0.05) is 29.8 Å². The third-order valence-electron chi connectivity index (χ3n) is 4.27. The minimum atomic E-state index is -0.501. The second kappa shape index (κ2) is 7.58. The molecular weight excluding hydrogens is 354 g/mol. The summed E-state index contributed by atoms with van der Waals surface area (Å²) in [7, 11) is 1.53. The number of nitrogens with one attached hydrogen (secondary N) is 2. The highest BCUT2D eigenvalue weighted by Gasteiger charge is 2.35. The van der Waals surface area contributed by atoms with Crippen LogP contribution in [0.5, 0.6) is 0 Å². The molecule has 0 unspecified atom stereocenters. The maximum atomic E-state index is 12.6. The first-order valence-corrected chi connectivity index (χ1v) is 8.55. The van der Waals surface area contributed by atoms with E-state index in [1.165, 1.54) is 7.05 Å². The zero-order chi connectivity index (χ0) is 18.7. The van der Waals surface area contributed by atoms with Gasteiger partial charge in [0.25, 0.3) is 5.91 Å². The Morgan fingerprint density at radius 2 is 1.92 bits per heavy atom. The van der Waals surface area contributed by atoms with Gasteiger partial charge in [-0.05, 0) is 30.3 Å². The van der Waals surface area contributed by atoms with Crippen molar-refractivity contribution in [2.45, 2.75) is 6.42 Å². The van der Waals surface area contributed by atoms with Gasteiger partial charge in [0.2, 0.25) is 11.8 Å². The molecule has 0 aliphatic carbocycles. The lowest BCUT2D eigenvalue weighted by Gasteiger charge is -2.17. The van der Waals surface area contributed by atoms with E-state index >= 15 is 0 Å². The zero-order valence-corrected chi connectivity index (χ0v) is 14.9. The number of benzene rings is 2. The Morgan fingerprint density at radius 3 is 2.65 bits per heavy atom. The van der Waals surface area contributed by atoms with Gasteiger partial charge in [0.1, 0.15) is 0 Å². The lowest BCUT2D eigenvalue weighted by Crippen LogP contribution is -2.29. The summed E-state index contributed by atoms with van der Waals surface area (Å²) in [6.07, 6.45) is 0.112. The van der Waals surface area contributed by atoms with Crippen molar-refractivity contribution in [3.63, 3.8) is 0 Å². The van der Waals surface area contributed by atoms with Gasteiger partial charge in [-0.3, -0.25) is 14.4 Å². The highest BCUT2D eigenvalue weighted by molar-refractivity contribution is 6.31. The van der Waals surface area contributed by atoms with Gasteiger partial charge in [0.15, 0.2) is 0 Å². The molecule has 3 amide bonds. The number of hydrogen-bond donors (Lipinski definition) is 2. The first-order chi connectivity index (χ1) is 12.5. The van der Waals surface area contributed by atoms with Crippen LogP contribution in [0.2, 0.25) is 5.02 Å². The summed E-state index contributed by atoms with van der Waals surface area (Å²) in [6.45, 7) is 0.271. The first kappa shape index (κ1) is 17.9. The number of carbonyl (C=O) groups is 3. The van der Waals surface area contributed by atoms with Crippen molar-refractivity contribution in [3.8, 4) is 0 Å². The smallest absolute Gasteiger partial charge is 0.253 e.